The number of carbonyl (C=O) groups is 1. The first kappa shape index (κ1) is 18.9. The Hall–Kier alpha value is -3.42. The second kappa shape index (κ2) is 8.72. The van der Waals surface area contributed by atoms with Crippen molar-refractivity contribution in [2.24, 2.45) is 0 Å². The Bertz CT molecular complexity index is 1040. The van der Waals surface area contributed by atoms with Crippen molar-refractivity contribution in [1.29, 1.82) is 5.26 Å². The van der Waals surface area contributed by atoms with Crippen LogP contribution in [0.2, 0.25) is 0 Å². The summed E-state index contributed by atoms with van der Waals surface area (Å²) in [6.07, 6.45) is 0.940. The van der Waals surface area contributed by atoms with E-state index in [4.69, 9.17) is 0 Å². The van der Waals surface area contributed by atoms with Crippen LogP contribution in [0.25, 0.3) is 11.1 Å². The average Bonchev–Trinajstić information content (AvgIpc) is 3.21. The van der Waals surface area contributed by atoms with Gasteiger partial charge in [-0.05, 0) is 29.7 Å². The van der Waals surface area contributed by atoms with Crippen LogP contribution >= 0.6 is 0 Å². The van der Waals surface area contributed by atoms with Crippen molar-refractivity contribution in [3.8, 4) is 17.2 Å². The summed E-state index contributed by atoms with van der Waals surface area (Å²) in [5.74, 6) is -0.0834. The summed E-state index contributed by atoms with van der Waals surface area (Å²) in [6, 6.07) is 27.7. The van der Waals surface area contributed by atoms with Gasteiger partial charge in [0.1, 0.15) is 0 Å². The van der Waals surface area contributed by atoms with Crippen LogP contribution in [0.1, 0.15) is 27.9 Å². The summed E-state index contributed by atoms with van der Waals surface area (Å²) in [7, 11) is 0. The molecule has 0 bridgehead atoms. The summed E-state index contributed by atoms with van der Waals surface area (Å²) in [5.41, 5.74) is 4.05. The smallest absolute Gasteiger partial charge is 0.252 e. The first-order valence-electron chi connectivity index (χ1n) is 9.90. The highest BCUT2D eigenvalue weighted by Gasteiger charge is 2.25. The van der Waals surface area contributed by atoms with Crippen LogP contribution < -0.4 is 5.32 Å². The lowest BCUT2D eigenvalue weighted by Gasteiger charge is -2.18. The van der Waals surface area contributed by atoms with E-state index >= 15 is 0 Å². The van der Waals surface area contributed by atoms with Crippen LogP contribution in [0.5, 0.6) is 0 Å². The maximum absolute atomic E-state index is 13.0. The standard InChI is InChI=1S/C25H23N3O/c26-16-20-10-4-5-11-22(20)23-12-6-7-13-24(23)25(29)27-21-14-15-28(18-21)17-19-8-2-1-3-9-19/h1-13,21H,14-15,17-18H2,(H,27,29)/t21-/m0/s1. The Morgan fingerprint density at radius 1 is 0.966 bits per heavy atom. The van der Waals surface area contributed by atoms with E-state index in [2.05, 4.69) is 40.6 Å². The van der Waals surface area contributed by atoms with Crippen LogP contribution in [0.4, 0.5) is 0 Å². The summed E-state index contributed by atoms with van der Waals surface area (Å²) < 4.78 is 0. The molecule has 1 heterocycles. The maximum Gasteiger partial charge on any atom is 0.252 e. The largest absolute Gasteiger partial charge is 0.348 e. The molecule has 144 valence electrons. The fourth-order valence-corrected chi connectivity index (χ4v) is 3.93. The first-order chi connectivity index (χ1) is 14.2. The number of amides is 1. The highest BCUT2D eigenvalue weighted by molar-refractivity contribution is 6.01. The third-order valence-corrected chi connectivity index (χ3v) is 5.37. The number of nitrogens with one attached hydrogen (secondary N) is 1. The van der Waals surface area contributed by atoms with Gasteiger partial charge in [0, 0.05) is 36.8 Å². The molecule has 4 nitrogen and oxygen atoms in total. The first-order valence-corrected chi connectivity index (χ1v) is 9.90. The van der Waals surface area contributed by atoms with Gasteiger partial charge in [0.05, 0.1) is 11.6 Å². The van der Waals surface area contributed by atoms with Crippen LogP contribution in [0, 0.1) is 11.3 Å². The van der Waals surface area contributed by atoms with Crippen molar-refractivity contribution < 1.29 is 4.79 Å². The molecule has 1 fully saturated rings. The monoisotopic (exact) mass is 381 g/mol. The summed E-state index contributed by atoms with van der Waals surface area (Å²) in [4.78, 5) is 15.4. The zero-order valence-electron chi connectivity index (χ0n) is 16.2. The molecule has 0 spiro atoms. The van der Waals surface area contributed by atoms with E-state index in [1.54, 1.807) is 6.07 Å². The number of hydrogen-bond acceptors (Lipinski definition) is 3. The molecule has 0 radical (unpaired) electrons. The average molecular weight is 381 g/mol. The highest BCUT2D eigenvalue weighted by Crippen LogP contribution is 2.27. The Balaban J connectivity index is 1.47. The van der Waals surface area contributed by atoms with Crippen molar-refractivity contribution in [3.05, 3.63) is 95.6 Å². The van der Waals surface area contributed by atoms with Crippen molar-refractivity contribution in [1.82, 2.24) is 10.2 Å². The van der Waals surface area contributed by atoms with Gasteiger partial charge < -0.3 is 5.32 Å². The van der Waals surface area contributed by atoms with Gasteiger partial charge in [-0.2, -0.15) is 5.26 Å². The SMILES string of the molecule is N#Cc1ccccc1-c1ccccc1C(=O)N[C@H]1CCN(Cc2ccccc2)C1. The second-order valence-electron chi connectivity index (χ2n) is 7.38. The molecule has 0 unspecified atom stereocenters. The lowest BCUT2D eigenvalue weighted by molar-refractivity contribution is 0.0938. The minimum absolute atomic E-state index is 0.0834. The van der Waals surface area contributed by atoms with Gasteiger partial charge in [0.25, 0.3) is 5.91 Å². The Morgan fingerprint density at radius 3 is 2.45 bits per heavy atom. The predicted octanol–water partition coefficient (Wildman–Crippen LogP) is 4.23. The Kier molecular flexibility index (Phi) is 5.69. The lowest BCUT2D eigenvalue weighted by atomic mass is 9.95. The quantitative estimate of drug-likeness (QED) is 0.720. The number of likely N-dealkylation sites (tertiary alicyclic amines) is 1. The van der Waals surface area contributed by atoms with Gasteiger partial charge >= 0.3 is 0 Å². The van der Waals surface area contributed by atoms with E-state index in [-0.39, 0.29) is 11.9 Å². The Labute approximate surface area is 171 Å². The number of hydrogen-bond donors (Lipinski definition) is 1. The van der Waals surface area contributed by atoms with Gasteiger partial charge in [0.2, 0.25) is 0 Å². The van der Waals surface area contributed by atoms with Gasteiger partial charge in [-0.25, -0.2) is 0 Å². The van der Waals surface area contributed by atoms with Crippen molar-refractivity contribution in [2.45, 2.75) is 19.0 Å². The molecule has 1 aliphatic heterocycles. The molecule has 1 aliphatic rings. The second-order valence-corrected chi connectivity index (χ2v) is 7.38. The molecule has 4 heteroatoms. The van der Waals surface area contributed by atoms with Gasteiger partial charge in [-0.1, -0.05) is 66.7 Å². The minimum atomic E-state index is -0.0834. The number of rotatable bonds is 5. The molecule has 3 aromatic rings. The fourth-order valence-electron chi connectivity index (χ4n) is 3.93. The van der Waals surface area contributed by atoms with Crippen molar-refractivity contribution >= 4 is 5.91 Å². The molecule has 0 saturated carbocycles. The van der Waals surface area contributed by atoms with E-state index in [1.165, 1.54) is 5.56 Å². The molecule has 0 aromatic heterocycles. The molecule has 1 saturated heterocycles. The highest BCUT2D eigenvalue weighted by atomic mass is 16.1. The third kappa shape index (κ3) is 4.37. The third-order valence-electron chi connectivity index (χ3n) is 5.37. The van der Waals surface area contributed by atoms with Gasteiger partial charge in [0.15, 0.2) is 0 Å². The summed E-state index contributed by atoms with van der Waals surface area (Å²) >= 11 is 0. The molecule has 1 amide bonds. The van der Waals surface area contributed by atoms with Crippen LogP contribution in [0.3, 0.4) is 0 Å². The molecule has 3 aromatic carbocycles. The minimum Gasteiger partial charge on any atom is -0.348 e. The molecule has 1 atom stereocenters. The van der Waals surface area contributed by atoms with Crippen LogP contribution in [-0.4, -0.2) is 29.9 Å². The van der Waals surface area contributed by atoms with Crippen LogP contribution in [-0.2, 0) is 6.54 Å². The topological polar surface area (TPSA) is 56.1 Å². The molecular formula is C25H23N3O. The summed E-state index contributed by atoms with van der Waals surface area (Å²) in [5, 5.41) is 12.6. The number of benzene rings is 3. The van der Waals surface area contributed by atoms with Crippen molar-refractivity contribution in [2.75, 3.05) is 13.1 Å². The Morgan fingerprint density at radius 2 is 1.66 bits per heavy atom. The number of nitrogens with zero attached hydrogens (tertiary/aromatic N) is 2. The van der Waals surface area contributed by atoms with E-state index in [0.29, 0.717) is 11.1 Å². The maximum atomic E-state index is 13.0. The van der Waals surface area contributed by atoms with E-state index < -0.39 is 0 Å². The molecule has 1 N–H and O–H groups in total. The normalized spacial score (nSPS) is 16.3. The zero-order valence-corrected chi connectivity index (χ0v) is 16.2. The van der Waals surface area contributed by atoms with E-state index in [9.17, 15) is 10.1 Å². The number of nitriles is 1. The van der Waals surface area contributed by atoms with E-state index in [0.717, 1.165) is 37.2 Å². The van der Waals surface area contributed by atoms with Crippen LogP contribution in [0.15, 0.2) is 78.9 Å². The molecule has 0 aliphatic carbocycles. The predicted molar refractivity (Wildman–Crippen MR) is 114 cm³/mol. The van der Waals surface area contributed by atoms with E-state index in [1.807, 2.05) is 48.5 Å². The number of carbonyl (C=O) groups excluding carboxylic acids is 1. The molecular weight excluding hydrogens is 358 g/mol. The lowest BCUT2D eigenvalue weighted by Crippen LogP contribution is -2.37. The fraction of sp³-hybridized carbons (Fsp3) is 0.200. The molecule has 4 rings (SSSR count). The van der Waals surface area contributed by atoms with Crippen molar-refractivity contribution in [3.63, 3.8) is 0 Å². The zero-order chi connectivity index (χ0) is 20.1. The summed E-state index contributed by atoms with van der Waals surface area (Å²) in [6.45, 7) is 2.72. The van der Waals surface area contributed by atoms with Gasteiger partial charge in [-0.3, -0.25) is 9.69 Å². The van der Waals surface area contributed by atoms with Gasteiger partial charge in [-0.15, -0.1) is 0 Å². The molecule has 29 heavy (non-hydrogen) atoms.